The van der Waals surface area contributed by atoms with Crippen LogP contribution in [0.25, 0.3) is 0 Å². The van der Waals surface area contributed by atoms with Crippen molar-refractivity contribution in [1.29, 1.82) is 0 Å². The first kappa shape index (κ1) is 17.4. The maximum Gasteiger partial charge on any atom is 0.228 e. The highest BCUT2D eigenvalue weighted by Gasteiger charge is 2.52. The molecule has 2 aliphatic rings. The summed E-state index contributed by atoms with van der Waals surface area (Å²) in [4.78, 5) is 16.9. The molecule has 3 rings (SSSR count). The maximum absolute atomic E-state index is 13.9. The number of benzene rings is 1. The average molecular weight is 334 g/mol. The minimum Gasteiger partial charge on any atom is -0.384 e. The Morgan fingerprint density at radius 2 is 2.00 bits per heavy atom. The standard InChI is InChI=1S/C19H27FN2O2/c1-3-22-14-19(16(13-24-2)18(22)23)8-10-21(11-9-19)12-15-6-4-5-7-17(15)20/h4-7,16H,3,8-14H2,1-2H3/t16-/m0/s1. The van der Waals surface area contributed by atoms with E-state index in [0.717, 1.165) is 44.6 Å². The van der Waals surface area contributed by atoms with Crippen molar-refractivity contribution in [2.75, 3.05) is 39.9 Å². The Labute approximate surface area is 143 Å². The van der Waals surface area contributed by atoms with Crippen LogP contribution in [0, 0.1) is 17.2 Å². The Morgan fingerprint density at radius 1 is 1.29 bits per heavy atom. The van der Waals surface area contributed by atoms with E-state index in [-0.39, 0.29) is 23.1 Å². The highest BCUT2D eigenvalue weighted by atomic mass is 19.1. The van der Waals surface area contributed by atoms with Gasteiger partial charge in [-0.05, 0) is 38.9 Å². The number of hydrogen-bond donors (Lipinski definition) is 0. The molecular weight excluding hydrogens is 307 g/mol. The molecule has 0 aliphatic carbocycles. The van der Waals surface area contributed by atoms with Crippen LogP contribution < -0.4 is 0 Å². The smallest absolute Gasteiger partial charge is 0.228 e. The summed E-state index contributed by atoms with van der Waals surface area (Å²) in [5.74, 6) is 0.0724. The number of likely N-dealkylation sites (tertiary alicyclic amines) is 2. The molecule has 132 valence electrons. The van der Waals surface area contributed by atoms with Crippen molar-refractivity contribution in [2.24, 2.45) is 11.3 Å². The van der Waals surface area contributed by atoms with Crippen molar-refractivity contribution in [3.8, 4) is 0 Å². The molecule has 0 unspecified atom stereocenters. The lowest BCUT2D eigenvalue weighted by atomic mass is 9.71. The van der Waals surface area contributed by atoms with Crippen LogP contribution in [0.1, 0.15) is 25.3 Å². The van der Waals surface area contributed by atoms with Gasteiger partial charge in [0.25, 0.3) is 0 Å². The first-order chi connectivity index (χ1) is 11.6. The quantitative estimate of drug-likeness (QED) is 0.829. The van der Waals surface area contributed by atoms with E-state index in [9.17, 15) is 9.18 Å². The lowest BCUT2D eigenvalue weighted by Crippen LogP contribution is -2.45. The molecule has 0 radical (unpaired) electrons. The Hall–Kier alpha value is -1.46. The molecule has 5 heteroatoms. The molecule has 2 fully saturated rings. The summed E-state index contributed by atoms with van der Waals surface area (Å²) >= 11 is 0. The predicted molar refractivity (Wildman–Crippen MR) is 91.0 cm³/mol. The Bertz CT molecular complexity index is 584. The van der Waals surface area contributed by atoms with Gasteiger partial charge in [-0.1, -0.05) is 18.2 Å². The van der Waals surface area contributed by atoms with Gasteiger partial charge in [-0.15, -0.1) is 0 Å². The minimum atomic E-state index is -0.136. The third-order valence-corrected chi connectivity index (χ3v) is 5.77. The zero-order chi connectivity index (χ0) is 17.2. The molecule has 1 aromatic rings. The topological polar surface area (TPSA) is 32.8 Å². The van der Waals surface area contributed by atoms with E-state index in [0.29, 0.717) is 13.2 Å². The highest BCUT2D eigenvalue weighted by Crippen LogP contribution is 2.45. The van der Waals surface area contributed by atoms with E-state index in [4.69, 9.17) is 4.74 Å². The molecule has 4 nitrogen and oxygen atoms in total. The van der Waals surface area contributed by atoms with E-state index in [2.05, 4.69) is 4.90 Å². The predicted octanol–water partition coefficient (Wildman–Crippen LogP) is 2.53. The Kier molecular flexibility index (Phi) is 5.21. The van der Waals surface area contributed by atoms with Crippen LogP contribution in [0.15, 0.2) is 24.3 Å². The molecule has 24 heavy (non-hydrogen) atoms. The number of nitrogens with zero attached hydrogens (tertiary/aromatic N) is 2. The van der Waals surface area contributed by atoms with Gasteiger partial charge in [-0.2, -0.15) is 0 Å². The van der Waals surface area contributed by atoms with Crippen LogP contribution in [-0.2, 0) is 16.1 Å². The number of carbonyl (C=O) groups is 1. The normalized spacial score (nSPS) is 24.0. The van der Waals surface area contributed by atoms with Crippen LogP contribution in [0.5, 0.6) is 0 Å². The van der Waals surface area contributed by atoms with Crippen molar-refractivity contribution >= 4 is 5.91 Å². The van der Waals surface area contributed by atoms with Gasteiger partial charge in [-0.25, -0.2) is 4.39 Å². The van der Waals surface area contributed by atoms with Gasteiger partial charge in [0.1, 0.15) is 5.82 Å². The summed E-state index contributed by atoms with van der Waals surface area (Å²) in [6.07, 6.45) is 1.94. The molecule has 2 saturated heterocycles. The van der Waals surface area contributed by atoms with Crippen LogP contribution in [0.4, 0.5) is 4.39 Å². The number of methoxy groups -OCH3 is 1. The number of ether oxygens (including phenoxy) is 1. The van der Waals surface area contributed by atoms with E-state index >= 15 is 0 Å². The van der Waals surface area contributed by atoms with Crippen LogP contribution >= 0.6 is 0 Å². The van der Waals surface area contributed by atoms with Gasteiger partial charge in [0.2, 0.25) is 5.91 Å². The largest absolute Gasteiger partial charge is 0.384 e. The monoisotopic (exact) mass is 334 g/mol. The molecule has 1 aromatic carbocycles. The first-order valence-electron chi connectivity index (χ1n) is 8.83. The van der Waals surface area contributed by atoms with Crippen molar-refractivity contribution in [1.82, 2.24) is 9.80 Å². The van der Waals surface area contributed by atoms with Crippen LogP contribution in [0.2, 0.25) is 0 Å². The zero-order valence-corrected chi connectivity index (χ0v) is 14.6. The number of halogens is 1. The summed E-state index contributed by atoms with van der Waals surface area (Å²) in [6, 6.07) is 6.98. The van der Waals surface area contributed by atoms with Crippen LogP contribution in [0.3, 0.4) is 0 Å². The van der Waals surface area contributed by atoms with E-state index in [1.807, 2.05) is 24.0 Å². The van der Waals surface area contributed by atoms with Gasteiger partial charge >= 0.3 is 0 Å². The average Bonchev–Trinajstić information content (AvgIpc) is 2.85. The summed E-state index contributed by atoms with van der Waals surface area (Å²) < 4.78 is 19.2. The molecule has 1 spiro atoms. The van der Waals surface area contributed by atoms with Crippen LogP contribution in [-0.4, -0.2) is 55.6 Å². The summed E-state index contributed by atoms with van der Waals surface area (Å²) in [6.45, 7) is 6.59. The summed E-state index contributed by atoms with van der Waals surface area (Å²) in [7, 11) is 1.67. The number of rotatable bonds is 5. The van der Waals surface area contributed by atoms with E-state index in [1.54, 1.807) is 13.2 Å². The van der Waals surface area contributed by atoms with Gasteiger partial charge < -0.3 is 9.64 Å². The van der Waals surface area contributed by atoms with Crippen molar-refractivity contribution < 1.29 is 13.9 Å². The second kappa shape index (κ2) is 7.19. The Balaban J connectivity index is 1.67. The van der Waals surface area contributed by atoms with Crippen molar-refractivity contribution in [3.05, 3.63) is 35.6 Å². The third-order valence-electron chi connectivity index (χ3n) is 5.77. The summed E-state index contributed by atoms with van der Waals surface area (Å²) in [5.41, 5.74) is 0.772. The molecule has 1 atom stereocenters. The van der Waals surface area contributed by atoms with Crippen molar-refractivity contribution in [3.63, 3.8) is 0 Å². The second-order valence-electron chi connectivity index (χ2n) is 7.09. The third kappa shape index (κ3) is 3.20. The zero-order valence-electron chi connectivity index (χ0n) is 14.6. The van der Waals surface area contributed by atoms with E-state index < -0.39 is 0 Å². The lowest BCUT2D eigenvalue weighted by molar-refractivity contribution is -0.133. The molecule has 0 saturated carbocycles. The second-order valence-corrected chi connectivity index (χ2v) is 7.09. The number of hydrogen-bond acceptors (Lipinski definition) is 3. The Morgan fingerprint density at radius 3 is 2.62 bits per heavy atom. The van der Waals surface area contributed by atoms with Gasteiger partial charge in [-0.3, -0.25) is 9.69 Å². The minimum absolute atomic E-state index is 0.0227. The molecule has 0 bridgehead atoms. The SMILES string of the molecule is CCN1CC2(CCN(Cc3ccccc3F)CC2)[C@@H](COC)C1=O. The van der Waals surface area contributed by atoms with Gasteiger partial charge in [0.05, 0.1) is 12.5 Å². The molecule has 2 heterocycles. The van der Waals surface area contributed by atoms with E-state index in [1.165, 1.54) is 6.07 Å². The fourth-order valence-corrected chi connectivity index (χ4v) is 4.26. The van der Waals surface area contributed by atoms with Gasteiger partial charge in [0, 0.05) is 37.7 Å². The lowest BCUT2D eigenvalue weighted by Gasteiger charge is -2.41. The molecule has 2 aliphatic heterocycles. The highest BCUT2D eigenvalue weighted by molar-refractivity contribution is 5.82. The summed E-state index contributed by atoms with van der Waals surface area (Å²) in [5, 5.41) is 0. The molecule has 0 aromatic heterocycles. The van der Waals surface area contributed by atoms with Crippen molar-refractivity contribution in [2.45, 2.75) is 26.3 Å². The molecular formula is C19H27FN2O2. The maximum atomic E-state index is 13.9. The fraction of sp³-hybridized carbons (Fsp3) is 0.632. The first-order valence-corrected chi connectivity index (χ1v) is 8.83. The molecule has 1 amide bonds. The number of amides is 1. The van der Waals surface area contributed by atoms with Gasteiger partial charge in [0.15, 0.2) is 0 Å². The molecule has 0 N–H and O–H groups in total. The number of carbonyl (C=O) groups excluding carboxylic acids is 1. The fourth-order valence-electron chi connectivity index (χ4n) is 4.26. The number of piperidine rings is 1.